The third-order valence-corrected chi connectivity index (χ3v) is 2.24. The molecule has 19 heavy (non-hydrogen) atoms. The summed E-state index contributed by atoms with van der Waals surface area (Å²) >= 11 is 0. The van der Waals surface area contributed by atoms with Crippen molar-refractivity contribution in [2.75, 3.05) is 6.61 Å². The molecule has 0 aromatic rings. The van der Waals surface area contributed by atoms with Crippen molar-refractivity contribution in [1.82, 2.24) is 0 Å². The van der Waals surface area contributed by atoms with Crippen molar-refractivity contribution in [1.29, 1.82) is 0 Å². The standard InChI is InChI=1S/C16H26O3/c1-6-14(15(18)19-16(3,4)5)12-13(2)10-8-7-9-11-17/h6,8,10,12,17H,7,9,11H2,1-5H3/b10-8+,13-12+,14-6+. The Morgan fingerprint density at radius 1 is 1.32 bits per heavy atom. The number of allylic oxidation sites excluding steroid dienone is 4. The zero-order chi connectivity index (χ0) is 14.9. The third kappa shape index (κ3) is 9.25. The molecule has 0 amide bonds. The molecular weight excluding hydrogens is 240 g/mol. The average Bonchev–Trinajstić information content (AvgIpc) is 2.29. The van der Waals surface area contributed by atoms with Crippen LogP contribution in [-0.4, -0.2) is 23.3 Å². The Hall–Kier alpha value is -1.35. The lowest BCUT2D eigenvalue weighted by Crippen LogP contribution is -2.24. The van der Waals surface area contributed by atoms with Crippen LogP contribution in [0.2, 0.25) is 0 Å². The van der Waals surface area contributed by atoms with Gasteiger partial charge >= 0.3 is 5.97 Å². The molecule has 0 unspecified atom stereocenters. The molecule has 0 aromatic heterocycles. The number of ether oxygens (including phenoxy) is 1. The first-order valence-corrected chi connectivity index (χ1v) is 6.65. The smallest absolute Gasteiger partial charge is 0.338 e. The van der Waals surface area contributed by atoms with Crippen LogP contribution in [0.5, 0.6) is 0 Å². The molecule has 0 atom stereocenters. The molecule has 108 valence electrons. The van der Waals surface area contributed by atoms with E-state index in [1.807, 2.05) is 52.8 Å². The molecule has 0 aliphatic carbocycles. The van der Waals surface area contributed by atoms with E-state index in [1.165, 1.54) is 0 Å². The molecule has 0 saturated carbocycles. The molecular formula is C16H26O3. The summed E-state index contributed by atoms with van der Waals surface area (Å²) in [6.07, 6.45) is 9.09. The van der Waals surface area contributed by atoms with Crippen LogP contribution in [0.15, 0.2) is 35.5 Å². The minimum absolute atomic E-state index is 0.200. The molecule has 0 aliphatic rings. The van der Waals surface area contributed by atoms with Gasteiger partial charge in [-0.3, -0.25) is 0 Å². The van der Waals surface area contributed by atoms with E-state index in [2.05, 4.69) is 0 Å². The van der Waals surface area contributed by atoms with Crippen LogP contribution in [-0.2, 0) is 9.53 Å². The number of rotatable bonds is 6. The van der Waals surface area contributed by atoms with Crippen LogP contribution >= 0.6 is 0 Å². The average molecular weight is 266 g/mol. The Morgan fingerprint density at radius 3 is 2.42 bits per heavy atom. The van der Waals surface area contributed by atoms with Gasteiger partial charge in [0.25, 0.3) is 0 Å². The van der Waals surface area contributed by atoms with Gasteiger partial charge in [0.05, 0.1) is 5.57 Å². The van der Waals surface area contributed by atoms with Gasteiger partial charge in [-0.05, 0) is 53.5 Å². The number of esters is 1. The molecule has 0 bridgehead atoms. The quantitative estimate of drug-likeness (QED) is 0.346. The number of hydrogen-bond acceptors (Lipinski definition) is 3. The van der Waals surface area contributed by atoms with E-state index in [9.17, 15) is 4.79 Å². The van der Waals surface area contributed by atoms with E-state index >= 15 is 0 Å². The van der Waals surface area contributed by atoms with E-state index in [0.29, 0.717) is 5.57 Å². The number of hydrogen-bond donors (Lipinski definition) is 1. The minimum atomic E-state index is -0.482. The number of aliphatic hydroxyl groups is 1. The van der Waals surface area contributed by atoms with E-state index in [4.69, 9.17) is 9.84 Å². The maximum Gasteiger partial charge on any atom is 0.338 e. The number of carbonyl (C=O) groups is 1. The third-order valence-electron chi connectivity index (χ3n) is 2.24. The lowest BCUT2D eigenvalue weighted by molar-refractivity contribution is -0.149. The maximum atomic E-state index is 11.9. The van der Waals surface area contributed by atoms with Gasteiger partial charge in [-0.1, -0.05) is 23.8 Å². The molecule has 0 saturated heterocycles. The Balaban J connectivity index is 4.63. The second-order valence-electron chi connectivity index (χ2n) is 5.40. The van der Waals surface area contributed by atoms with Gasteiger partial charge in [-0.15, -0.1) is 0 Å². The van der Waals surface area contributed by atoms with Gasteiger partial charge in [0.15, 0.2) is 0 Å². The fourth-order valence-corrected chi connectivity index (χ4v) is 1.37. The van der Waals surface area contributed by atoms with Crippen LogP contribution in [0, 0.1) is 0 Å². The molecule has 3 heteroatoms. The second kappa shape index (κ2) is 8.70. The van der Waals surface area contributed by atoms with E-state index in [0.717, 1.165) is 18.4 Å². The second-order valence-corrected chi connectivity index (χ2v) is 5.40. The highest BCUT2D eigenvalue weighted by Gasteiger charge is 2.18. The van der Waals surface area contributed by atoms with Crippen LogP contribution in [0.25, 0.3) is 0 Å². The molecule has 0 spiro atoms. The van der Waals surface area contributed by atoms with E-state index in [1.54, 1.807) is 6.08 Å². The van der Waals surface area contributed by atoms with E-state index in [-0.39, 0.29) is 12.6 Å². The van der Waals surface area contributed by atoms with Crippen LogP contribution < -0.4 is 0 Å². The Labute approximate surface area is 116 Å². The summed E-state index contributed by atoms with van der Waals surface area (Å²) < 4.78 is 5.33. The summed E-state index contributed by atoms with van der Waals surface area (Å²) in [5.74, 6) is -0.307. The first-order valence-electron chi connectivity index (χ1n) is 6.65. The Morgan fingerprint density at radius 2 is 1.95 bits per heavy atom. The summed E-state index contributed by atoms with van der Waals surface area (Å²) in [7, 11) is 0. The molecule has 0 radical (unpaired) electrons. The SMILES string of the molecule is C\C=C(/C=C(C)/C=C/CCCO)C(=O)OC(C)(C)C. The van der Waals surface area contributed by atoms with Gasteiger partial charge < -0.3 is 9.84 Å². The van der Waals surface area contributed by atoms with Crippen molar-refractivity contribution in [2.45, 2.75) is 53.1 Å². The van der Waals surface area contributed by atoms with Crippen LogP contribution in [0.1, 0.15) is 47.5 Å². The highest BCUT2D eigenvalue weighted by atomic mass is 16.6. The van der Waals surface area contributed by atoms with Crippen molar-refractivity contribution < 1.29 is 14.6 Å². The van der Waals surface area contributed by atoms with Crippen molar-refractivity contribution >= 4 is 5.97 Å². The zero-order valence-corrected chi connectivity index (χ0v) is 12.7. The normalized spacial score (nSPS) is 14.0. The van der Waals surface area contributed by atoms with Gasteiger partial charge in [0, 0.05) is 6.61 Å². The highest BCUT2D eigenvalue weighted by Crippen LogP contribution is 2.13. The summed E-state index contributed by atoms with van der Waals surface area (Å²) in [5.41, 5.74) is 1.06. The minimum Gasteiger partial charge on any atom is -0.456 e. The number of aliphatic hydroxyl groups excluding tert-OH is 1. The van der Waals surface area contributed by atoms with Gasteiger partial charge in [0.1, 0.15) is 5.60 Å². The predicted molar refractivity (Wildman–Crippen MR) is 78.8 cm³/mol. The number of unbranched alkanes of at least 4 members (excludes halogenated alkanes) is 1. The molecule has 3 nitrogen and oxygen atoms in total. The van der Waals surface area contributed by atoms with Crippen molar-refractivity contribution in [3.63, 3.8) is 0 Å². The molecule has 1 N–H and O–H groups in total. The van der Waals surface area contributed by atoms with Crippen molar-refractivity contribution in [3.8, 4) is 0 Å². The Bertz CT molecular complexity index is 368. The molecule has 0 heterocycles. The summed E-state index contributed by atoms with van der Waals surface area (Å²) in [6, 6.07) is 0. The first-order chi connectivity index (χ1) is 8.80. The fraction of sp³-hybridized carbons (Fsp3) is 0.562. The lowest BCUT2D eigenvalue weighted by Gasteiger charge is -2.19. The monoisotopic (exact) mass is 266 g/mol. The van der Waals surface area contributed by atoms with Crippen LogP contribution in [0.3, 0.4) is 0 Å². The van der Waals surface area contributed by atoms with Crippen molar-refractivity contribution in [2.24, 2.45) is 0 Å². The molecule has 0 fully saturated rings. The summed E-state index contributed by atoms with van der Waals surface area (Å²) in [4.78, 5) is 11.9. The van der Waals surface area contributed by atoms with Gasteiger partial charge in [-0.25, -0.2) is 4.79 Å². The number of carbonyl (C=O) groups excluding carboxylic acids is 1. The fourth-order valence-electron chi connectivity index (χ4n) is 1.37. The molecule has 0 rings (SSSR count). The summed E-state index contributed by atoms with van der Waals surface area (Å²) in [5, 5.41) is 8.68. The Kier molecular flexibility index (Phi) is 8.08. The predicted octanol–water partition coefficient (Wildman–Crippen LogP) is 3.55. The van der Waals surface area contributed by atoms with Gasteiger partial charge in [0.2, 0.25) is 0 Å². The maximum absolute atomic E-state index is 11.9. The topological polar surface area (TPSA) is 46.5 Å². The largest absolute Gasteiger partial charge is 0.456 e. The molecule has 0 aromatic carbocycles. The van der Waals surface area contributed by atoms with E-state index < -0.39 is 5.60 Å². The lowest BCUT2D eigenvalue weighted by atomic mass is 10.1. The molecule has 0 aliphatic heterocycles. The van der Waals surface area contributed by atoms with Crippen molar-refractivity contribution in [3.05, 3.63) is 35.5 Å². The summed E-state index contributed by atoms with van der Waals surface area (Å²) in [6.45, 7) is 9.50. The van der Waals surface area contributed by atoms with Gasteiger partial charge in [-0.2, -0.15) is 0 Å². The zero-order valence-electron chi connectivity index (χ0n) is 12.7. The first kappa shape index (κ1) is 17.6. The van der Waals surface area contributed by atoms with Crippen LogP contribution in [0.4, 0.5) is 0 Å². The highest BCUT2D eigenvalue weighted by molar-refractivity contribution is 5.92.